The molecule has 3 aromatic rings. The van der Waals surface area contributed by atoms with E-state index in [0.29, 0.717) is 6.54 Å². The molecule has 0 aliphatic carbocycles. The van der Waals surface area contributed by atoms with Crippen molar-refractivity contribution < 1.29 is 5.11 Å². The standard InChI is InChI=1S/C24H28N2O/c1-2-3-10-15-25-18-24(27)21-16-22(19-11-6-4-7-12-19)26-23(17-21)20-13-8-5-9-14-20/h4-9,11-14,16-17,24-25,27H,2-3,10,15,18H2,1H3. The van der Waals surface area contributed by atoms with E-state index in [1.165, 1.54) is 12.8 Å². The molecule has 1 atom stereocenters. The van der Waals surface area contributed by atoms with Crippen molar-refractivity contribution in [3.63, 3.8) is 0 Å². The van der Waals surface area contributed by atoms with Crippen molar-refractivity contribution in [2.24, 2.45) is 0 Å². The van der Waals surface area contributed by atoms with Crippen molar-refractivity contribution >= 4 is 0 Å². The minimum atomic E-state index is -0.556. The molecule has 3 rings (SSSR count). The van der Waals surface area contributed by atoms with Gasteiger partial charge in [0.25, 0.3) is 0 Å². The molecule has 27 heavy (non-hydrogen) atoms. The van der Waals surface area contributed by atoms with E-state index in [9.17, 15) is 5.11 Å². The Labute approximate surface area is 162 Å². The number of hydrogen-bond acceptors (Lipinski definition) is 3. The van der Waals surface area contributed by atoms with Gasteiger partial charge in [-0.2, -0.15) is 0 Å². The number of pyridine rings is 1. The Morgan fingerprint density at radius 3 is 1.93 bits per heavy atom. The van der Waals surface area contributed by atoms with Gasteiger partial charge in [0.1, 0.15) is 0 Å². The Bertz CT molecular complexity index is 761. The van der Waals surface area contributed by atoms with E-state index < -0.39 is 6.10 Å². The van der Waals surface area contributed by atoms with Gasteiger partial charge in [0.15, 0.2) is 0 Å². The minimum Gasteiger partial charge on any atom is -0.387 e. The lowest BCUT2D eigenvalue weighted by Gasteiger charge is -2.15. The molecule has 2 aromatic carbocycles. The largest absolute Gasteiger partial charge is 0.387 e. The van der Waals surface area contributed by atoms with Gasteiger partial charge < -0.3 is 10.4 Å². The minimum absolute atomic E-state index is 0.552. The van der Waals surface area contributed by atoms with Crippen molar-refractivity contribution in [3.05, 3.63) is 78.4 Å². The first-order chi connectivity index (χ1) is 13.3. The Kier molecular flexibility index (Phi) is 7.14. The van der Waals surface area contributed by atoms with Crippen LogP contribution < -0.4 is 5.32 Å². The van der Waals surface area contributed by atoms with Gasteiger partial charge in [-0.3, -0.25) is 0 Å². The first kappa shape index (κ1) is 19.3. The molecular weight excluding hydrogens is 332 g/mol. The molecule has 3 heteroatoms. The van der Waals surface area contributed by atoms with E-state index in [-0.39, 0.29) is 0 Å². The molecular formula is C24H28N2O. The fraction of sp³-hybridized carbons (Fsp3) is 0.292. The molecule has 0 amide bonds. The van der Waals surface area contributed by atoms with Crippen LogP contribution in [0.5, 0.6) is 0 Å². The van der Waals surface area contributed by atoms with Crippen LogP contribution in [0.15, 0.2) is 72.8 Å². The predicted octanol–water partition coefficient (Wildman–Crippen LogP) is 5.23. The van der Waals surface area contributed by atoms with Crippen LogP contribution in [-0.4, -0.2) is 23.2 Å². The first-order valence-corrected chi connectivity index (χ1v) is 9.79. The van der Waals surface area contributed by atoms with Gasteiger partial charge in [-0.1, -0.05) is 80.4 Å². The zero-order valence-electron chi connectivity index (χ0n) is 15.9. The lowest BCUT2D eigenvalue weighted by Crippen LogP contribution is -2.22. The third-order valence-electron chi connectivity index (χ3n) is 4.67. The molecule has 1 unspecified atom stereocenters. The zero-order chi connectivity index (χ0) is 18.9. The highest BCUT2D eigenvalue weighted by atomic mass is 16.3. The average molecular weight is 361 g/mol. The number of aliphatic hydroxyl groups is 1. The summed E-state index contributed by atoms with van der Waals surface area (Å²) in [6.07, 6.45) is 3.01. The Hall–Kier alpha value is -2.49. The summed E-state index contributed by atoms with van der Waals surface area (Å²) in [5, 5.41) is 14.1. The van der Waals surface area contributed by atoms with Crippen LogP contribution in [-0.2, 0) is 0 Å². The second-order valence-electron chi connectivity index (χ2n) is 6.83. The summed E-state index contributed by atoms with van der Waals surface area (Å²) in [6, 6.07) is 24.3. The lowest BCUT2D eigenvalue weighted by atomic mass is 10.0. The monoisotopic (exact) mass is 360 g/mol. The van der Waals surface area contributed by atoms with Crippen LogP contribution in [0.1, 0.15) is 37.9 Å². The van der Waals surface area contributed by atoms with E-state index in [1.807, 2.05) is 48.5 Å². The third kappa shape index (κ3) is 5.49. The smallest absolute Gasteiger partial charge is 0.0915 e. The summed E-state index contributed by atoms with van der Waals surface area (Å²) in [5.74, 6) is 0. The van der Waals surface area contributed by atoms with Gasteiger partial charge in [0, 0.05) is 17.7 Å². The number of rotatable bonds is 9. The third-order valence-corrected chi connectivity index (χ3v) is 4.67. The molecule has 0 aliphatic rings. The molecule has 0 spiro atoms. The summed E-state index contributed by atoms with van der Waals surface area (Å²) in [4.78, 5) is 4.85. The van der Waals surface area contributed by atoms with Gasteiger partial charge >= 0.3 is 0 Å². The average Bonchev–Trinajstić information content (AvgIpc) is 2.74. The van der Waals surface area contributed by atoms with Crippen LogP contribution in [0.3, 0.4) is 0 Å². The molecule has 0 fully saturated rings. The number of hydrogen-bond donors (Lipinski definition) is 2. The molecule has 2 N–H and O–H groups in total. The topological polar surface area (TPSA) is 45.1 Å². The Morgan fingerprint density at radius 1 is 0.852 bits per heavy atom. The number of benzene rings is 2. The molecule has 0 aliphatic heterocycles. The van der Waals surface area contributed by atoms with Gasteiger partial charge in [0.2, 0.25) is 0 Å². The van der Waals surface area contributed by atoms with Gasteiger partial charge in [-0.25, -0.2) is 4.98 Å². The summed E-state index contributed by atoms with van der Waals surface area (Å²) >= 11 is 0. The van der Waals surface area contributed by atoms with Gasteiger partial charge in [-0.05, 0) is 30.7 Å². The molecule has 1 heterocycles. The molecule has 140 valence electrons. The van der Waals surface area contributed by atoms with Crippen molar-refractivity contribution in [3.8, 4) is 22.5 Å². The highest BCUT2D eigenvalue weighted by Gasteiger charge is 2.13. The molecule has 0 saturated carbocycles. The van der Waals surface area contributed by atoms with E-state index in [4.69, 9.17) is 4.98 Å². The van der Waals surface area contributed by atoms with E-state index >= 15 is 0 Å². The van der Waals surface area contributed by atoms with Crippen molar-refractivity contribution in [1.82, 2.24) is 10.3 Å². The summed E-state index contributed by atoms with van der Waals surface area (Å²) in [7, 11) is 0. The Balaban J connectivity index is 1.86. The maximum atomic E-state index is 10.7. The molecule has 1 aromatic heterocycles. The van der Waals surface area contributed by atoms with Crippen LogP contribution in [0.25, 0.3) is 22.5 Å². The summed E-state index contributed by atoms with van der Waals surface area (Å²) in [6.45, 7) is 3.69. The maximum Gasteiger partial charge on any atom is 0.0915 e. The lowest BCUT2D eigenvalue weighted by molar-refractivity contribution is 0.174. The van der Waals surface area contributed by atoms with E-state index in [2.05, 4.69) is 36.5 Å². The normalized spacial score (nSPS) is 12.1. The van der Waals surface area contributed by atoms with Crippen molar-refractivity contribution in [2.45, 2.75) is 32.3 Å². The van der Waals surface area contributed by atoms with E-state index in [0.717, 1.165) is 41.0 Å². The highest BCUT2D eigenvalue weighted by molar-refractivity contribution is 5.67. The van der Waals surface area contributed by atoms with Gasteiger partial charge in [-0.15, -0.1) is 0 Å². The first-order valence-electron chi connectivity index (χ1n) is 9.79. The number of nitrogens with zero attached hydrogens (tertiary/aromatic N) is 1. The van der Waals surface area contributed by atoms with Crippen LogP contribution in [0, 0.1) is 0 Å². The Morgan fingerprint density at radius 2 is 1.41 bits per heavy atom. The van der Waals surface area contributed by atoms with Crippen molar-refractivity contribution in [1.29, 1.82) is 0 Å². The molecule has 3 nitrogen and oxygen atoms in total. The number of unbranched alkanes of at least 4 members (excludes halogenated alkanes) is 2. The summed E-state index contributed by atoms with van der Waals surface area (Å²) in [5.41, 5.74) is 4.78. The van der Waals surface area contributed by atoms with Crippen LogP contribution in [0.2, 0.25) is 0 Å². The quantitative estimate of drug-likeness (QED) is 0.514. The molecule has 0 bridgehead atoms. The fourth-order valence-electron chi connectivity index (χ4n) is 3.11. The second-order valence-corrected chi connectivity index (χ2v) is 6.83. The van der Waals surface area contributed by atoms with Crippen LogP contribution >= 0.6 is 0 Å². The highest BCUT2D eigenvalue weighted by Crippen LogP contribution is 2.27. The van der Waals surface area contributed by atoms with E-state index in [1.54, 1.807) is 0 Å². The zero-order valence-corrected chi connectivity index (χ0v) is 15.9. The van der Waals surface area contributed by atoms with Crippen LogP contribution in [0.4, 0.5) is 0 Å². The predicted molar refractivity (Wildman–Crippen MR) is 112 cm³/mol. The second kappa shape index (κ2) is 10.0. The maximum absolute atomic E-state index is 10.7. The fourth-order valence-corrected chi connectivity index (χ4v) is 3.11. The molecule has 0 radical (unpaired) electrons. The van der Waals surface area contributed by atoms with Gasteiger partial charge in [0.05, 0.1) is 17.5 Å². The number of nitrogens with one attached hydrogen (secondary N) is 1. The molecule has 0 saturated heterocycles. The number of aromatic nitrogens is 1. The SMILES string of the molecule is CCCCCNCC(O)c1cc(-c2ccccc2)nc(-c2ccccc2)c1. The summed E-state index contributed by atoms with van der Waals surface area (Å²) < 4.78 is 0. The number of aliphatic hydroxyl groups excluding tert-OH is 1. The van der Waals surface area contributed by atoms with Crippen molar-refractivity contribution in [2.75, 3.05) is 13.1 Å².